The van der Waals surface area contributed by atoms with E-state index in [4.69, 9.17) is 10.5 Å². The summed E-state index contributed by atoms with van der Waals surface area (Å²) in [6.07, 6.45) is 3.58. The lowest BCUT2D eigenvalue weighted by molar-refractivity contribution is 0.407. The standard InChI is InChI=1S/C16H26N2O/c1-11(2)13-10-12(8-9-16(13)19-4)18(3)15-7-5-6-14(15)17/h8-11,14-15H,5-7,17H2,1-4H3. The van der Waals surface area contributed by atoms with Crippen molar-refractivity contribution in [3.05, 3.63) is 23.8 Å². The predicted octanol–water partition coefficient (Wildman–Crippen LogP) is 3.13. The van der Waals surface area contributed by atoms with Crippen LogP contribution in [-0.4, -0.2) is 26.2 Å². The van der Waals surface area contributed by atoms with E-state index in [2.05, 4.69) is 44.0 Å². The van der Waals surface area contributed by atoms with Crippen LogP contribution in [0, 0.1) is 0 Å². The van der Waals surface area contributed by atoms with Crippen LogP contribution in [0.25, 0.3) is 0 Å². The Morgan fingerprint density at radius 3 is 2.58 bits per heavy atom. The maximum Gasteiger partial charge on any atom is 0.122 e. The van der Waals surface area contributed by atoms with Crippen LogP contribution in [0.15, 0.2) is 18.2 Å². The summed E-state index contributed by atoms with van der Waals surface area (Å²) in [5, 5.41) is 0. The maximum absolute atomic E-state index is 6.20. The van der Waals surface area contributed by atoms with Gasteiger partial charge in [0.05, 0.1) is 7.11 Å². The second-order valence-corrected chi connectivity index (χ2v) is 5.85. The van der Waals surface area contributed by atoms with Crippen molar-refractivity contribution >= 4 is 5.69 Å². The van der Waals surface area contributed by atoms with Crippen LogP contribution < -0.4 is 15.4 Å². The first-order valence-corrected chi connectivity index (χ1v) is 7.21. The number of likely N-dealkylation sites (N-methyl/N-ethyl adjacent to an activating group) is 1. The lowest BCUT2D eigenvalue weighted by Crippen LogP contribution is -2.42. The van der Waals surface area contributed by atoms with E-state index in [-0.39, 0.29) is 0 Å². The third-order valence-corrected chi connectivity index (χ3v) is 4.27. The van der Waals surface area contributed by atoms with Gasteiger partial charge in [-0.3, -0.25) is 0 Å². The van der Waals surface area contributed by atoms with Gasteiger partial charge in [-0.2, -0.15) is 0 Å². The van der Waals surface area contributed by atoms with Crippen LogP contribution in [0.2, 0.25) is 0 Å². The normalized spacial score (nSPS) is 22.8. The first-order chi connectivity index (χ1) is 9.04. The summed E-state index contributed by atoms with van der Waals surface area (Å²) in [6.45, 7) is 4.39. The lowest BCUT2D eigenvalue weighted by Gasteiger charge is -2.30. The highest BCUT2D eigenvalue weighted by molar-refractivity contribution is 5.54. The third-order valence-electron chi connectivity index (χ3n) is 4.27. The summed E-state index contributed by atoms with van der Waals surface area (Å²) in [5.74, 6) is 1.43. The van der Waals surface area contributed by atoms with Crippen molar-refractivity contribution < 1.29 is 4.74 Å². The van der Waals surface area contributed by atoms with Crippen LogP contribution in [0.4, 0.5) is 5.69 Å². The summed E-state index contributed by atoms with van der Waals surface area (Å²) in [4.78, 5) is 2.34. The Morgan fingerprint density at radius 2 is 2.05 bits per heavy atom. The van der Waals surface area contributed by atoms with Crippen molar-refractivity contribution in [2.45, 2.75) is 51.1 Å². The van der Waals surface area contributed by atoms with Gasteiger partial charge in [0, 0.05) is 24.8 Å². The SMILES string of the molecule is COc1ccc(N(C)C2CCCC2N)cc1C(C)C. The zero-order valence-electron chi connectivity index (χ0n) is 12.5. The minimum atomic E-state index is 0.301. The number of hydrogen-bond donors (Lipinski definition) is 1. The minimum Gasteiger partial charge on any atom is -0.496 e. The fourth-order valence-electron chi connectivity index (χ4n) is 3.03. The van der Waals surface area contributed by atoms with Gasteiger partial charge in [-0.25, -0.2) is 0 Å². The van der Waals surface area contributed by atoms with Gasteiger partial charge in [0.15, 0.2) is 0 Å². The maximum atomic E-state index is 6.20. The topological polar surface area (TPSA) is 38.5 Å². The van der Waals surface area contributed by atoms with Crippen molar-refractivity contribution in [2.75, 3.05) is 19.1 Å². The highest BCUT2D eigenvalue weighted by Gasteiger charge is 2.28. The van der Waals surface area contributed by atoms with Crippen LogP contribution in [-0.2, 0) is 0 Å². The number of rotatable bonds is 4. The Bertz CT molecular complexity index is 431. The van der Waals surface area contributed by atoms with Crippen molar-refractivity contribution in [1.82, 2.24) is 0 Å². The fraction of sp³-hybridized carbons (Fsp3) is 0.625. The number of anilines is 1. The van der Waals surface area contributed by atoms with Crippen molar-refractivity contribution in [2.24, 2.45) is 5.73 Å². The molecule has 19 heavy (non-hydrogen) atoms. The van der Waals surface area contributed by atoms with E-state index in [0.29, 0.717) is 18.0 Å². The minimum absolute atomic E-state index is 0.301. The van der Waals surface area contributed by atoms with E-state index in [0.717, 1.165) is 12.2 Å². The van der Waals surface area contributed by atoms with Crippen molar-refractivity contribution in [3.63, 3.8) is 0 Å². The molecule has 0 saturated heterocycles. The molecule has 1 saturated carbocycles. The molecule has 3 heteroatoms. The summed E-state index contributed by atoms with van der Waals surface area (Å²) >= 11 is 0. The monoisotopic (exact) mass is 262 g/mol. The second-order valence-electron chi connectivity index (χ2n) is 5.85. The van der Waals surface area contributed by atoms with Gasteiger partial charge in [0.2, 0.25) is 0 Å². The average Bonchev–Trinajstić information content (AvgIpc) is 2.83. The van der Waals surface area contributed by atoms with Gasteiger partial charge in [-0.15, -0.1) is 0 Å². The van der Waals surface area contributed by atoms with E-state index in [9.17, 15) is 0 Å². The molecule has 3 nitrogen and oxygen atoms in total. The van der Waals surface area contributed by atoms with Gasteiger partial charge >= 0.3 is 0 Å². The Morgan fingerprint density at radius 1 is 1.32 bits per heavy atom. The highest BCUT2D eigenvalue weighted by Crippen LogP contribution is 2.33. The molecule has 1 aromatic carbocycles. The first-order valence-electron chi connectivity index (χ1n) is 7.21. The molecule has 0 radical (unpaired) electrons. The summed E-state index contributed by atoms with van der Waals surface area (Å²) in [6, 6.07) is 7.22. The van der Waals surface area contributed by atoms with E-state index < -0.39 is 0 Å². The molecule has 0 bridgehead atoms. The molecule has 0 aliphatic heterocycles. The average molecular weight is 262 g/mol. The number of methoxy groups -OCH3 is 1. The molecule has 0 heterocycles. The Kier molecular flexibility index (Phi) is 4.35. The zero-order valence-corrected chi connectivity index (χ0v) is 12.5. The van der Waals surface area contributed by atoms with Crippen molar-refractivity contribution in [1.29, 1.82) is 0 Å². The molecule has 2 rings (SSSR count). The summed E-state index contributed by atoms with van der Waals surface area (Å²) in [5.41, 5.74) is 8.71. The number of nitrogens with two attached hydrogens (primary N) is 1. The number of nitrogens with zero attached hydrogens (tertiary/aromatic N) is 1. The Hall–Kier alpha value is -1.22. The number of benzene rings is 1. The molecule has 1 fully saturated rings. The molecular formula is C16H26N2O. The quantitative estimate of drug-likeness (QED) is 0.906. The molecule has 2 unspecified atom stereocenters. The molecule has 1 aromatic rings. The van der Waals surface area contributed by atoms with Crippen LogP contribution in [0.3, 0.4) is 0 Å². The van der Waals surface area contributed by atoms with Crippen LogP contribution in [0.5, 0.6) is 5.75 Å². The van der Waals surface area contributed by atoms with Gasteiger partial charge in [-0.1, -0.05) is 13.8 Å². The molecule has 2 N–H and O–H groups in total. The number of hydrogen-bond acceptors (Lipinski definition) is 3. The fourth-order valence-corrected chi connectivity index (χ4v) is 3.03. The van der Waals surface area contributed by atoms with Gasteiger partial charge in [-0.05, 0) is 48.9 Å². The third kappa shape index (κ3) is 2.86. The van der Waals surface area contributed by atoms with E-state index in [1.54, 1.807) is 7.11 Å². The summed E-state index contributed by atoms with van der Waals surface area (Å²) in [7, 11) is 3.89. The van der Waals surface area contributed by atoms with Gasteiger partial charge in [0.25, 0.3) is 0 Å². The van der Waals surface area contributed by atoms with Crippen molar-refractivity contribution in [3.8, 4) is 5.75 Å². The molecule has 106 valence electrons. The molecule has 0 aromatic heterocycles. The van der Waals surface area contributed by atoms with Gasteiger partial charge in [0.1, 0.15) is 5.75 Å². The van der Waals surface area contributed by atoms with E-state index >= 15 is 0 Å². The van der Waals surface area contributed by atoms with Crippen LogP contribution in [0.1, 0.15) is 44.6 Å². The largest absolute Gasteiger partial charge is 0.496 e. The van der Waals surface area contributed by atoms with Crippen LogP contribution >= 0.6 is 0 Å². The Labute approximate surface area is 116 Å². The van der Waals surface area contributed by atoms with E-state index in [1.165, 1.54) is 24.1 Å². The predicted molar refractivity (Wildman–Crippen MR) is 81.1 cm³/mol. The lowest BCUT2D eigenvalue weighted by atomic mass is 10.0. The Balaban J connectivity index is 2.27. The van der Waals surface area contributed by atoms with Gasteiger partial charge < -0.3 is 15.4 Å². The summed E-state index contributed by atoms with van der Waals surface area (Å²) < 4.78 is 5.44. The second kappa shape index (κ2) is 5.83. The molecule has 1 aliphatic rings. The highest BCUT2D eigenvalue weighted by atomic mass is 16.5. The zero-order chi connectivity index (χ0) is 14.0. The number of ether oxygens (including phenoxy) is 1. The smallest absolute Gasteiger partial charge is 0.122 e. The molecule has 0 spiro atoms. The van der Waals surface area contributed by atoms with E-state index in [1.807, 2.05) is 0 Å². The molecule has 0 amide bonds. The molecule has 2 atom stereocenters. The molecule has 1 aliphatic carbocycles. The first kappa shape index (κ1) is 14.2. The molecular weight excluding hydrogens is 236 g/mol.